The quantitative estimate of drug-likeness (QED) is 0.703. The zero-order valence-electron chi connectivity index (χ0n) is 9.81. The van der Waals surface area contributed by atoms with Crippen LogP contribution in [0.4, 0.5) is 0 Å². The van der Waals surface area contributed by atoms with E-state index in [0.29, 0.717) is 52.4 Å². The van der Waals surface area contributed by atoms with E-state index >= 15 is 0 Å². The van der Waals surface area contributed by atoms with Crippen molar-refractivity contribution < 1.29 is 24.1 Å². The molecule has 1 unspecified atom stereocenters. The Kier molecular flexibility index (Phi) is 4.33. The van der Waals surface area contributed by atoms with Crippen LogP contribution in [0.3, 0.4) is 0 Å². The van der Waals surface area contributed by atoms with Gasteiger partial charge in [0.25, 0.3) is 0 Å². The van der Waals surface area contributed by atoms with Gasteiger partial charge in [-0.3, -0.25) is 10.1 Å². The number of carboxylic acid groups (broad SMARTS) is 1. The molecule has 2 rings (SSSR count). The van der Waals surface area contributed by atoms with Crippen LogP contribution in [0.2, 0.25) is 0 Å². The fourth-order valence-electron chi connectivity index (χ4n) is 2.15. The van der Waals surface area contributed by atoms with Gasteiger partial charge in [-0.15, -0.1) is 0 Å². The van der Waals surface area contributed by atoms with Crippen LogP contribution in [-0.2, 0) is 19.0 Å². The normalized spacial score (nSPS) is 28.8. The number of carboxylic acids is 1. The highest BCUT2D eigenvalue weighted by Crippen LogP contribution is 2.21. The molecule has 2 aliphatic heterocycles. The third-order valence-corrected chi connectivity index (χ3v) is 3.31. The molecule has 0 aliphatic carbocycles. The molecular formula is C11H19NO5. The summed E-state index contributed by atoms with van der Waals surface area (Å²) in [6, 6.07) is 0. The first-order valence-corrected chi connectivity index (χ1v) is 5.98. The summed E-state index contributed by atoms with van der Waals surface area (Å²) in [6.07, 6.45) is 0.939. The number of rotatable bonds is 4. The molecule has 2 saturated heterocycles. The second-order valence-corrected chi connectivity index (χ2v) is 4.45. The van der Waals surface area contributed by atoms with Gasteiger partial charge in [-0.2, -0.15) is 0 Å². The lowest BCUT2D eigenvalue weighted by Gasteiger charge is -2.35. The van der Waals surface area contributed by atoms with Crippen LogP contribution in [0.25, 0.3) is 0 Å². The molecule has 2 N–H and O–H groups in total. The minimum atomic E-state index is -0.862. The lowest BCUT2D eigenvalue weighted by atomic mass is 9.90. The highest BCUT2D eigenvalue weighted by Gasteiger charge is 2.40. The SMILES string of the molecule is O=C(O)C1(NCC2COCCO2)CCOCC1. The highest BCUT2D eigenvalue weighted by atomic mass is 16.6. The number of carbonyl (C=O) groups is 1. The average molecular weight is 245 g/mol. The number of hydrogen-bond acceptors (Lipinski definition) is 5. The molecule has 6 nitrogen and oxygen atoms in total. The maximum atomic E-state index is 11.4. The smallest absolute Gasteiger partial charge is 0.324 e. The zero-order chi connectivity index (χ0) is 12.1. The van der Waals surface area contributed by atoms with Gasteiger partial charge < -0.3 is 19.3 Å². The van der Waals surface area contributed by atoms with Crippen molar-refractivity contribution in [2.24, 2.45) is 0 Å². The van der Waals surface area contributed by atoms with Gasteiger partial charge in [-0.1, -0.05) is 0 Å². The Morgan fingerprint density at radius 1 is 1.24 bits per heavy atom. The van der Waals surface area contributed by atoms with E-state index in [1.165, 1.54) is 0 Å². The fourth-order valence-corrected chi connectivity index (χ4v) is 2.15. The van der Waals surface area contributed by atoms with Gasteiger partial charge in [0, 0.05) is 19.8 Å². The largest absolute Gasteiger partial charge is 0.480 e. The molecule has 2 aliphatic rings. The molecule has 0 aromatic rings. The van der Waals surface area contributed by atoms with Crippen molar-refractivity contribution in [3.05, 3.63) is 0 Å². The Bertz CT molecular complexity index is 259. The fraction of sp³-hybridized carbons (Fsp3) is 0.909. The van der Waals surface area contributed by atoms with Crippen LogP contribution in [0.5, 0.6) is 0 Å². The lowest BCUT2D eigenvalue weighted by molar-refractivity contribution is -0.150. The maximum absolute atomic E-state index is 11.4. The summed E-state index contributed by atoms with van der Waals surface area (Å²) in [4.78, 5) is 11.4. The van der Waals surface area contributed by atoms with Gasteiger partial charge in [0.2, 0.25) is 0 Å². The third kappa shape index (κ3) is 3.16. The summed E-state index contributed by atoms with van der Waals surface area (Å²) in [7, 11) is 0. The minimum Gasteiger partial charge on any atom is -0.480 e. The topological polar surface area (TPSA) is 77.0 Å². The lowest BCUT2D eigenvalue weighted by Crippen LogP contribution is -2.58. The number of aliphatic carboxylic acids is 1. The Balaban J connectivity index is 1.86. The van der Waals surface area contributed by atoms with Crippen LogP contribution in [0.1, 0.15) is 12.8 Å². The molecule has 0 aromatic heterocycles. The van der Waals surface area contributed by atoms with Gasteiger partial charge in [0.15, 0.2) is 0 Å². The molecule has 98 valence electrons. The van der Waals surface area contributed by atoms with Crippen LogP contribution < -0.4 is 5.32 Å². The standard InChI is InChI=1S/C11H19NO5/c13-10(14)11(1-3-15-4-2-11)12-7-9-8-16-5-6-17-9/h9,12H,1-8H2,(H,13,14). The first-order chi connectivity index (χ1) is 8.23. The molecule has 0 spiro atoms. The second-order valence-electron chi connectivity index (χ2n) is 4.45. The van der Waals surface area contributed by atoms with Gasteiger partial charge in [0.1, 0.15) is 5.54 Å². The van der Waals surface area contributed by atoms with E-state index < -0.39 is 11.5 Å². The van der Waals surface area contributed by atoms with Crippen LogP contribution in [0, 0.1) is 0 Å². The van der Waals surface area contributed by atoms with Crippen molar-refractivity contribution in [1.82, 2.24) is 5.32 Å². The summed E-state index contributed by atoms with van der Waals surface area (Å²) >= 11 is 0. The van der Waals surface area contributed by atoms with E-state index in [2.05, 4.69) is 5.32 Å². The molecule has 0 bridgehead atoms. The molecule has 0 amide bonds. The molecule has 0 radical (unpaired) electrons. The molecule has 6 heteroatoms. The predicted octanol–water partition coefficient (Wildman–Crippen LogP) is -0.375. The van der Waals surface area contributed by atoms with Gasteiger partial charge in [-0.05, 0) is 12.8 Å². The van der Waals surface area contributed by atoms with E-state index in [-0.39, 0.29) is 6.10 Å². The molecule has 17 heavy (non-hydrogen) atoms. The van der Waals surface area contributed by atoms with E-state index in [4.69, 9.17) is 14.2 Å². The van der Waals surface area contributed by atoms with Crippen molar-refractivity contribution in [2.45, 2.75) is 24.5 Å². The van der Waals surface area contributed by atoms with E-state index in [1.807, 2.05) is 0 Å². The monoisotopic (exact) mass is 245 g/mol. The molecule has 1 atom stereocenters. The molecule has 0 saturated carbocycles. The van der Waals surface area contributed by atoms with Crippen molar-refractivity contribution in [3.63, 3.8) is 0 Å². The number of ether oxygens (including phenoxy) is 3. The Hall–Kier alpha value is -0.690. The summed E-state index contributed by atoms with van der Waals surface area (Å²) in [5, 5.41) is 12.4. The highest BCUT2D eigenvalue weighted by molar-refractivity contribution is 5.78. The minimum absolute atomic E-state index is 0.0529. The van der Waals surface area contributed by atoms with Gasteiger partial charge >= 0.3 is 5.97 Å². The number of nitrogens with one attached hydrogen (secondary N) is 1. The summed E-state index contributed by atoms with van der Waals surface area (Å²) < 4.78 is 16.0. The van der Waals surface area contributed by atoms with E-state index in [9.17, 15) is 9.90 Å². The first-order valence-electron chi connectivity index (χ1n) is 5.98. The average Bonchev–Trinajstić information content (AvgIpc) is 2.38. The Morgan fingerprint density at radius 3 is 2.59 bits per heavy atom. The Morgan fingerprint density at radius 2 is 2.00 bits per heavy atom. The number of hydrogen-bond donors (Lipinski definition) is 2. The molecule has 2 fully saturated rings. The summed E-state index contributed by atoms with van der Waals surface area (Å²) in [5.74, 6) is -0.808. The Labute approximate surface area is 100 Å². The van der Waals surface area contributed by atoms with E-state index in [0.717, 1.165) is 0 Å². The van der Waals surface area contributed by atoms with Gasteiger partial charge in [-0.25, -0.2) is 0 Å². The van der Waals surface area contributed by atoms with Crippen LogP contribution >= 0.6 is 0 Å². The predicted molar refractivity (Wildman–Crippen MR) is 59.0 cm³/mol. The third-order valence-electron chi connectivity index (χ3n) is 3.31. The van der Waals surface area contributed by atoms with Crippen molar-refractivity contribution in [1.29, 1.82) is 0 Å². The molecule has 0 aromatic carbocycles. The molecule has 2 heterocycles. The zero-order valence-corrected chi connectivity index (χ0v) is 9.81. The summed E-state index contributed by atoms with van der Waals surface area (Å²) in [6.45, 7) is 3.21. The first kappa shape index (κ1) is 12.8. The van der Waals surface area contributed by atoms with Crippen LogP contribution in [-0.4, -0.2) is 62.3 Å². The van der Waals surface area contributed by atoms with Gasteiger partial charge in [0.05, 0.1) is 25.9 Å². The summed E-state index contributed by atoms with van der Waals surface area (Å²) in [5.41, 5.74) is -0.862. The van der Waals surface area contributed by atoms with E-state index in [1.54, 1.807) is 0 Å². The van der Waals surface area contributed by atoms with Crippen LogP contribution in [0.15, 0.2) is 0 Å². The maximum Gasteiger partial charge on any atom is 0.324 e. The van der Waals surface area contributed by atoms with Crippen molar-refractivity contribution >= 4 is 5.97 Å². The van der Waals surface area contributed by atoms with Crippen molar-refractivity contribution in [3.8, 4) is 0 Å². The second kappa shape index (κ2) is 5.77. The molecular weight excluding hydrogens is 226 g/mol. The van der Waals surface area contributed by atoms with Crippen molar-refractivity contribution in [2.75, 3.05) is 39.6 Å².